The number of benzene rings is 1. The van der Waals surface area contributed by atoms with Gasteiger partial charge in [-0.2, -0.15) is 0 Å². The van der Waals surface area contributed by atoms with E-state index in [4.69, 9.17) is 11.6 Å². The number of aromatic nitrogens is 1. The molecule has 0 spiro atoms. The van der Waals surface area contributed by atoms with Crippen LogP contribution in [0.5, 0.6) is 0 Å². The predicted molar refractivity (Wildman–Crippen MR) is 92.4 cm³/mol. The zero-order chi connectivity index (χ0) is 15.0. The number of H-pyrrole nitrogens is 1. The fraction of sp³-hybridized carbons (Fsp3) is 0.294. The summed E-state index contributed by atoms with van der Waals surface area (Å²) < 4.78 is 0. The number of hydrogen-bond donors (Lipinski definition) is 2. The molecule has 0 radical (unpaired) electrons. The van der Waals surface area contributed by atoms with Crippen molar-refractivity contribution in [3.8, 4) is 0 Å². The Bertz CT molecular complexity index is 772. The van der Waals surface area contributed by atoms with Crippen LogP contribution in [0.15, 0.2) is 30.3 Å². The maximum atomic E-state index is 6.45. The minimum absolute atomic E-state index is 0.317. The molecular weight excluding hydrogens is 300 g/mol. The van der Waals surface area contributed by atoms with E-state index in [-0.39, 0.29) is 0 Å². The van der Waals surface area contributed by atoms with Crippen LogP contribution in [0.4, 0.5) is 0 Å². The average Bonchev–Trinajstić information content (AvgIpc) is 2.97. The summed E-state index contributed by atoms with van der Waals surface area (Å²) in [5.74, 6) is 0. The molecule has 4 heteroatoms. The predicted octanol–water partition coefficient (Wildman–Crippen LogP) is 5.35. The number of para-hydroxylation sites is 1. The van der Waals surface area contributed by atoms with Gasteiger partial charge in [0.05, 0.1) is 5.02 Å². The van der Waals surface area contributed by atoms with E-state index in [1.54, 1.807) is 0 Å². The molecular formula is C17H19ClN2S. The van der Waals surface area contributed by atoms with Crippen molar-refractivity contribution >= 4 is 33.8 Å². The zero-order valence-electron chi connectivity index (χ0n) is 12.5. The van der Waals surface area contributed by atoms with E-state index in [2.05, 4.69) is 43.2 Å². The molecule has 0 bridgehead atoms. The molecule has 110 valence electrons. The van der Waals surface area contributed by atoms with Gasteiger partial charge in [0.1, 0.15) is 0 Å². The molecule has 0 aliphatic carbocycles. The third-order valence-electron chi connectivity index (χ3n) is 3.84. The highest BCUT2D eigenvalue weighted by molar-refractivity contribution is 7.12. The Morgan fingerprint density at radius 1 is 1.29 bits per heavy atom. The summed E-state index contributed by atoms with van der Waals surface area (Å²) in [4.78, 5) is 6.14. The van der Waals surface area contributed by atoms with Gasteiger partial charge in [-0.25, -0.2) is 0 Å². The highest BCUT2D eigenvalue weighted by Gasteiger charge is 2.13. The number of nitrogens with one attached hydrogen (secondary N) is 2. The molecule has 2 heterocycles. The van der Waals surface area contributed by atoms with Crippen molar-refractivity contribution in [2.24, 2.45) is 0 Å². The first-order valence-electron chi connectivity index (χ1n) is 7.11. The van der Waals surface area contributed by atoms with E-state index < -0.39 is 0 Å². The Labute approximate surface area is 134 Å². The quantitative estimate of drug-likeness (QED) is 0.666. The Morgan fingerprint density at radius 2 is 2.05 bits per heavy atom. The van der Waals surface area contributed by atoms with Crippen molar-refractivity contribution in [1.82, 2.24) is 10.3 Å². The fourth-order valence-electron chi connectivity index (χ4n) is 2.73. The first-order chi connectivity index (χ1) is 10.1. The van der Waals surface area contributed by atoms with Crippen molar-refractivity contribution in [3.63, 3.8) is 0 Å². The summed E-state index contributed by atoms with van der Waals surface area (Å²) in [7, 11) is 0. The van der Waals surface area contributed by atoms with Crippen LogP contribution < -0.4 is 5.32 Å². The van der Waals surface area contributed by atoms with E-state index in [1.807, 2.05) is 29.5 Å². The van der Waals surface area contributed by atoms with E-state index in [0.29, 0.717) is 6.04 Å². The number of halogens is 1. The molecule has 0 saturated carbocycles. The zero-order valence-corrected chi connectivity index (χ0v) is 14.0. The third-order valence-corrected chi connectivity index (χ3v) is 5.26. The molecule has 0 amide bonds. The molecule has 1 aromatic carbocycles. The van der Waals surface area contributed by atoms with Crippen LogP contribution in [-0.2, 0) is 6.54 Å². The topological polar surface area (TPSA) is 27.8 Å². The summed E-state index contributed by atoms with van der Waals surface area (Å²) in [5.41, 5.74) is 3.52. The molecule has 3 rings (SSSR count). The lowest BCUT2D eigenvalue weighted by Gasteiger charge is -2.13. The first kappa shape index (κ1) is 14.6. The molecule has 21 heavy (non-hydrogen) atoms. The smallest absolute Gasteiger partial charge is 0.0705 e. The molecule has 0 aliphatic heterocycles. The van der Waals surface area contributed by atoms with Crippen LogP contribution >= 0.6 is 22.9 Å². The van der Waals surface area contributed by atoms with Crippen LogP contribution in [0.1, 0.15) is 34.0 Å². The number of hydrogen-bond acceptors (Lipinski definition) is 2. The monoisotopic (exact) mass is 318 g/mol. The molecule has 0 aliphatic rings. The minimum Gasteiger partial charge on any atom is -0.356 e. The Hall–Kier alpha value is -1.29. The van der Waals surface area contributed by atoms with Crippen LogP contribution in [0.2, 0.25) is 5.02 Å². The Balaban J connectivity index is 1.77. The summed E-state index contributed by atoms with van der Waals surface area (Å²) >= 11 is 8.31. The van der Waals surface area contributed by atoms with Gasteiger partial charge in [-0.05, 0) is 38.5 Å². The van der Waals surface area contributed by atoms with Crippen molar-refractivity contribution in [1.29, 1.82) is 0 Å². The van der Waals surface area contributed by atoms with E-state index in [0.717, 1.165) is 28.2 Å². The van der Waals surface area contributed by atoms with Gasteiger partial charge in [0, 0.05) is 38.9 Å². The summed E-state index contributed by atoms with van der Waals surface area (Å²) in [5, 5.41) is 5.47. The minimum atomic E-state index is 0.317. The average molecular weight is 319 g/mol. The second-order valence-corrected chi connectivity index (χ2v) is 7.27. The lowest BCUT2D eigenvalue weighted by molar-refractivity contribution is 0.569. The van der Waals surface area contributed by atoms with Crippen LogP contribution in [0.25, 0.3) is 10.9 Å². The molecule has 1 atom stereocenters. The molecule has 0 saturated heterocycles. The highest BCUT2D eigenvalue weighted by Crippen LogP contribution is 2.29. The van der Waals surface area contributed by atoms with Crippen molar-refractivity contribution in [3.05, 3.63) is 56.4 Å². The molecule has 2 N–H and O–H groups in total. The van der Waals surface area contributed by atoms with Gasteiger partial charge in [-0.15, -0.1) is 11.3 Å². The maximum Gasteiger partial charge on any atom is 0.0705 e. The maximum absolute atomic E-state index is 6.45. The second-order valence-electron chi connectivity index (χ2n) is 5.43. The molecule has 3 aromatic rings. The Morgan fingerprint density at radius 3 is 2.71 bits per heavy atom. The van der Waals surface area contributed by atoms with Crippen molar-refractivity contribution in [2.75, 3.05) is 0 Å². The number of rotatable bonds is 4. The molecule has 2 nitrogen and oxygen atoms in total. The van der Waals surface area contributed by atoms with Crippen LogP contribution in [0, 0.1) is 13.8 Å². The van der Waals surface area contributed by atoms with E-state index in [1.165, 1.54) is 15.3 Å². The number of aryl methyl sites for hydroxylation is 2. The highest BCUT2D eigenvalue weighted by atomic mass is 35.5. The summed E-state index contributed by atoms with van der Waals surface area (Å²) in [6.07, 6.45) is 0. The van der Waals surface area contributed by atoms with Gasteiger partial charge in [0.25, 0.3) is 0 Å². The largest absolute Gasteiger partial charge is 0.356 e. The SMILES string of the molecule is Cc1cc(C(C)NCc2[nH]c3ccccc3c2Cl)c(C)s1. The first-order valence-corrected chi connectivity index (χ1v) is 8.31. The van der Waals surface area contributed by atoms with Gasteiger partial charge >= 0.3 is 0 Å². The number of thiophene rings is 1. The summed E-state index contributed by atoms with van der Waals surface area (Å²) in [6.45, 7) is 7.28. The molecule has 0 fully saturated rings. The van der Waals surface area contributed by atoms with Crippen LogP contribution in [0.3, 0.4) is 0 Å². The standard InChI is InChI=1S/C17H19ClN2S/c1-10-8-14(12(3)21-10)11(2)19-9-16-17(18)13-6-4-5-7-15(13)20-16/h4-8,11,19-20H,9H2,1-3H3. The van der Waals surface area contributed by atoms with E-state index in [9.17, 15) is 0 Å². The lowest BCUT2D eigenvalue weighted by atomic mass is 10.1. The van der Waals surface area contributed by atoms with Crippen molar-refractivity contribution in [2.45, 2.75) is 33.4 Å². The third kappa shape index (κ3) is 2.86. The second kappa shape index (κ2) is 5.84. The van der Waals surface area contributed by atoms with Crippen molar-refractivity contribution < 1.29 is 0 Å². The van der Waals surface area contributed by atoms with Crippen LogP contribution in [-0.4, -0.2) is 4.98 Å². The van der Waals surface area contributed by atoms with Gasteiger partial charge in [-0.3, -0.25) is 0 Å². The Kier molecular flexibility index (Phi) is 4.07. The molecule has 1 unspecified atom stereocenters. The normalized spacial score (nSPS) is 13.0. The van der Waals surface area contributed by atoms with Gasteiger partial charge in [-0.1, -0.05) is 29.8 Å². The molecule has 2 aromatic heterocycles. The van der Waals surface area contributed by atoms with Gasteiger partial charge in [0.15, 0.2) is 0 Å². The lowest BCUT2D eigenvalue weighted by Crippen LogP contribution is -2.18. The fourth-order valence-corrected chi connectivity index (χ4v) is 4.03. The van der Waals surface area contributed by atoms with Gasteiger partial charge < -0.3 is 10.3 Å². The van der Waals surface area contributed by atoms with Gasteiger partial charge in [0.2, 0.25) is 0 Å². The summed E-state index contributed by atoms with van der Waals surface area (Å²) in [6, 6.07) is 10.7. The van der Waals surface area contributed by atoms with E-state index >= 15 is 0 Å². The number of fused-ring (bicyclic) bond motifs is 1. The number of aromatic amines is 1.